The maximum atomic E-state index is 12.6. The molecule has 2 N–H and O–H groups in total. The van der Waals surface area contributed by atoms with Gasteiger partial charge in [-0.15, -0.1) is 11.3 Å². The van der Waals surface area contributed by atoms with Crippen molar-refractivity contribution in [2.24, 2.45) is 0 Å². The zero-order chi connectivity index (χ0) is 17.3. The van der Waals surface area contributed by atoms with Crippen molar-refractivity contribution in [1.29, 1.82) is 0 Å². The van der Waals surface area contributed by atoms with E-state index in [9.17, 15) is 9.90 Å². The van der Waals surface area contributed by atoms with Crippen molar-refractivity contribution in [1.82, 2.24) is 5.32 Å². The largest absolute Gasteiger partial charge is 0.466 e. The zero-order valence-electron chi connectivity index (χ0n) is 13.1. The molecule has 0 spiro atoms. The molecule has 4 nitrogen and oxygen atoms in total. The molecule has 0 radical (unpaired) electrons. The van der Waals surface area contributed by atoms with Gasteiger partial charge in [-0.25, -0.2) is 0 Å². The van der Waals surface area contributed by atoms with E-state index in [1.807, 2.05) is 47.2 Å². The quantitative estimate of drug-likeness (QED) is 0.554. The predicted octanol–water partition coefficient (Wildman–Crippen LogP) is 4.22. The summed E-state index contributed by atoms with van der Waals surface area (Å²) in [6, 6.07) is 15.0. The number of fused-ring (bicyclic) bond motifs is 1. The van der Waals surface area contributed by atoms with Crippen LogP contribution < -0.4 is 5.32 Å². The molecular weight excluding hydrogens is 354 g/mol. The Kier molecular flexibility index (Phi) is 4.17. The van der Waals surface area contributed by atoms with Crippen molar-refractivity contribution >= 4 is 38.7 Å². The molecule has 1 amide bonds. The molecule has 3 aromatic heterocycles. The van der Waals surface area contributed by atoms with Crippen LogP contribution in [0.25, 0.3) is 10.1 Å². The summed E-state index contributed by atoms with van der Waals surface area (Å²) in [6.07, 6.45) is 1.51. The third-order valence-electron chi connectivity index (χ3n) is 4.08. The molecule has 0 saturated heterocycles. The predicted molar refractivity (Wildman–Crippen MR) is 100 cm³/mol. The van der Waals surface area contributed by atoms with Crippen molar-refractivity contribution in [3.8, 4) is 0 Å². The molecule has 0 saturated carbocycles. The average Bonchev–Trinajstić information content (AvgIpc) is 3.40. The number of benzene rings is 1. The van der Waals surface area contributed by atoms with E-state index in [-0.39, 0.29) is 12.5 Å². The number of carbonyl (C=O) groups is 1. The van der Waals surface area contributed by atoms with Crippen LogP contribution in [0.3, 0.4) is 0 Å². The molecule has 0 bridgehead atoms. The standard InChI is InChI=1S/C19H15NO3S2/c21-18(16-10-13-4-1-2-5-15(13)25-16)20-12-19(22,14-7-9-24-11-14)17-6-3-8-23-17/h1-11,22H,12H2,(H,20,21)/t19-/m0/s1. The van der Waals surface area contributed by atoms with Gasteiger partial charge in [-0.2, -0.15) is 11.3 Å². The monoisotopic (exact) mass is 369 g/mol. The fourth-order valence-corrected chi connectivity index (χ4v) is 4.44. The van der Waals surface area contributed by atoms with Gasteiger partial charge in [0, 0.05) is 10.3 Å². The molecule has 0 fully saturated rings. The molecule has 25 heavy (non-hydrogen) atoms. The molecule has 0 aliphatic rings. The fraction of sp³-hybridized carbons (Fsp3) is 0.105. The van der Waals surface area contributed by atoms with Crippen LogP contribution in [0, 0.1) is 0 Å². The highest BCUT2D eigenvalue weighted by Gasteiger charge is 2.35. The van der Waals surface area contributed by atoms with Gasteiger partial charge in [0.15, 0.2) is 5.60 Å². The van der Waals surface area contributed by atoms with Crippen molar-refractivity contribution < 1.29 is 14.3 Å². The summed E-state index contributed by atoms with van der Waals surface area (Å²) >= 11 is 2.92. The Morgan fingerprint density at radius 1 is 1.20 bits per heavy atom. The van der Waals surface area contributed by atoms with Gasteiger partial charge >= 0.3 is 0 Å². The van der Waals surface area contributed by atoms with Gasteiger partial charge in [0.25, 0.3) is 5.91 Å². The minimum Gasteiger partial charge on any atom is -0.466 e. The maximum absolute atomic E-state index is 12.6. The normalized spacial score (nSPS) is 13.6. The number of aliphatic hydroxyl groups is 1. The lowest BCUT2D eigenvalue weighted by Gasteiger charge is -2.25. The second kappa shape index (κ2) is 6.48. The summed E-state index contributed by atoms with van der Waals surface area (Å²) in [7, 11) is 0. The maximum Gasteiger partial charge on any atom is 0.261 e. The average molecular weight is 369 g/mol. The first-order chi connectivity index (χ1) is 12.2. The third-order valence-corrected chi connectivity index (χ3v) is 5.88. The second-order valence-corrected chi connectivity index (χ2v) is 7.54. The lowest BCUT2D eigenvalue weighted by Crippen LogP contribution is -2.41. The van der Waals surface area contributed by atoms with Crippen molar-refractivity contribution in [2.75, 3.05) is 6.54 Å². The van der Waals surface area contributed by atoms with Gasteiger partial charge in [0.2, 0.25) is 0 Å². The van der Waals surface area contributed by atoms with Crippen LogP contribution in [0.2, 0.25) is 0 Å². The lowest BCUT2D eigenvalue weighted by molar-refractivity contribution is 0.0530. The van der Waals surface area contributed by atoms with Crippen LogP contribution in [0.1, 0.15) is 21.0 Å². The van der Waals surface area contributed by atoms with E-state index < -0.39 is 5.60 Å². The molecule has 0 unspecified atom stereocenters. The number of hydrogen-bond acceptors (Lipinski definition) is 5. The van der Waals surface area contributed by atoms with Gasteiger partial charge < -0.3 is 14.8 Å². The smallest absolute Gasteiger partial charge is 0.261 e. The first kappa shape index (κ1) is 16.1. The Morgan fingerprint density at radius 3 is 2.80 bits per heavy atom. The van der Waals surface area contributed by atoms with Gasteiger partial charge in [-0.05, 0) is 46.5 Å². The summed E-state index contributed by atoms with van der Waals surface area (Å²) in [4.78, 5) is 13.2. The van der Waals surface area contributed by atoms with E-state index in [4.69, 9.17) is 4.42 Å². The van der Waals surface area contributed by atoms with Crippen LogP contribution in [0.4, 0.5) is 0 Å². The Labute approximate surface area is 152 Å². The topological polar surface area (TPSA) is 62.5 Å². The Morgan fingerprint density at radius 2 is 2.08 bits per heavy atom. The van der Waals surface area contributed by atoms with Crippen LogP contribution in [0.15, 0.2) is 70.0 Å². The van der Waals surface area contributed by atoms with Crippen LogP contribution in [0.5, 0.6) is 0 Å². The third kappa shape index (κ3) is 3.00. The van der Waals surface area contributed by atoms with Crippen LogP contribution in [-0.4, -0.2) is 17.6 Å². The molecule has 0 aliphatic carbocycles. The summed E-state index contributed by atoms with van der Waals surface area (Å²) < 4.78 is 6.48. The molecular formula is C19H15NO3S2. The molecule has 1 aromatic carbocycles. The van der Waals surface area contributed by atoms with Crippen LogP contribution in [-0.2, 0) is 5.60 Å². The highest BCUT2D eigenvalue weighted by molar-refractivity contribution is 7.20. The van der Waals surface area contributed by atoms with Gasteiger partial charge in [-0.1, -0.05) is 18.2 Å². The molecule has 3 heterocycles. The molecule has 4 aromatic rings. The highest BCUT2D eigenvalue weighted by Crippen LogP contribution is 2.31. The minimum absolute atomic E-state index is 0.0321. The number of hydrogen-bond donors (Lipinski definition) is 2. The molecule has 4 rings (SSSR count). The van der Waals surface area contributed by atoms with Gasteiger partial charge in [-0.3, -0.25) is 4.79 Å². The number of amides is 1. The summed E-state index contributed by atoms with van der Waals surface area (Å²) in [5.41, 5.74) is -0.695. The summed E-state index contributed by atoms with van der Waals surface area (Å²) in [6.45, 7) is 0.0321. The summed E-state index contributed by atoms with van der Waals surface area (Å²) in [5, 5.41) is 18.8. The number of thiophene rings is 2. The zero-order valence-corrected chi connectivity index (χ0v) is 14.8. The molecule has 126 valence electrons. The Bertz CT molecular complexity index is 920. The van der Waals surface area contributed by atoms with E-state index in [0.717, 1.165) is 10.1 Å². The summed E-state index contributed by atoms with van der Waals surface area (Å²) in [5.74, 6) is 0.198. The second-order valence-electron chi connectivity index (χ2n) is 5.68. The van der Waals surface area contributed by atoms with Crippen LogP contribution >= 0.6 is 22.7 Å². The van der Waals surface area contributed by atoms with Gasteiger partial charge in [0.05, 0.1) is 17.7 Å². The number of furan rings is 1. The van der Waals surface area contributed by atoms with Gasteiger partial charge in [0.1, 0.15) is 5.76 Å². The molecule has 0 aliphatic heterocycles. The first-order valence-corrected chi connectivity index (χ1v) is 9.48. The van der Waals surface area contributed by atoms with Crippen molar-refractivity contribution in [3.05, 3.63) is 81.8 Å². The van der Waals surface area contributed by atoms with E-state index in [1.165, 1.54) is 28.9 Å². The van der Waals surface area contributed by atoms with E-state index in [2.05, 4.69) is 5.32 Å². The lowest BCUT2D eigenvalue weighted by atomic mass is 9.93. The SMILES string of the molecule is O=C(NC[C@](O)(c1ccsc1)c1ccco1)c1cc2ccccc2s1. The number of carbonyl (C=O) groups excluding carboxylic acids is 1. The Balaban J connectivity index is 1.58. The Hall–Kier alpha value is -2.41. The fourth-order valence-electron chi connectivity index (χ4n) is 2.73. The molecule has 1 atom stereocenters. The van der Waals surface area contributed by atoms with E-state index in [1.54, 1.807) is 12.1 Å². The van der Waals surface area contributed by atoms with E-state index in [0.29, 0.717) is 16.2 Å². The number of rotatable bonds is 5. The van der Waals surface area contributed by atoms with Crippen molar-refractivity contribution in [2.45, 2.75) is 5.60 Å². The minimum atomic E-state index is -1.39. The highest BCUT2D eigenvalue weighted by atomic mass is 32.1. The number of nitrogens with one attached hydrogen (secondary N) is 1. The first-order valence-electron chi connectivity index (χ1n) is 7.73. The van der Waals surface area contributed by atoms with Crippen molar-refractivity contribution in [3.63, 3.8) is 0 Å². The van der Waals surface area contributed by atoms with E-state index >= 15 is 0 Å². The molecule has 6 heteroatoms.